The molecule has 23 heavy (non-hydrogen) atoms. The molecule has 4 heteroatoms. The number of hydrogen-bond acceptors (Lipinski definition) is 3. The Balaban J connectivity index is 2.11. The Morgan fingerprint density at radius 3 is 2.52 bits per heavy atom. The van der Waals surface area contributed by atoms with Crippen LogP contribution in [0.3, 0.4) is 0 Å². The van der Waals surface area contributed by atoms with Crippen molar-refractivity contribution in [3.8, 4) is 16.9 Å². The third kappa shape index (κ3) is 2.16. The SMILES string of the molecule is Nc1ccc(-c2ccc(O)c3nc4ccccc4cc23)c(F)c1. The van der Waals surface area contributed by atoms with Gasteiger partial charge in [0.1, 0.15) is 17.1 Å². The zero-order valence-corrected chi connectivity index (χ0v) is 12.1. The van der Waals surface area contributed by atoms with Gasteiger partial charge in [-0.15, -0.1) is 0 Å². The van der Waals surface area contributed by atoms with Crippen molar-refractivity contribution in [2.75, 3.05) is 5.73 Å². The van der Waals surface area contributed by atoms with Gasteiger partial charge in [0, 0.05) is 22.0 Å². The number of benzene rings is 3. The second-order valence-corrected chi connectivity index (χ2v) is 5.45. The smallest absolute Gasteiger partial charge is 0.141 e. The van der Waals surface area contributed by atoms with Gasteiger partial charge in [0.25, 0.3) is 0 Å². The van der Waals surface area contributed by atoms with Crippen molar-refractivity contribution in [3.05, 3.63) is 66.5 Å². The van der Waals surface area contributed by atoms with Gasteiger partial charge >= 0.3 is 0 Å². The molecule has 4 aromatic rings. The second-order valence-electron chi connectivity index (χ2n) is 5.45. The minimum Gasteiger partial charge on any atom is -0.506 e. The van der Waals surface area contributed by atoms with E-state index in [-0.39, 0.29) is 5.75 Å². The van der Waals surface area contributed by atoms with Crippen LogP contribution in [0.25, 0.3) is 32.9 Å². The number of phenolic OH excluding ortho intramolecular Hbond substituents is 1. The molecule has 112 valence electrons. The minimum absolute atomic E-state index is 0.0744. The molecule has 0 saturated carbocycles. The van der Waals surface area contributed by atoms with Crippen LogP contribution in [0, 0.1) is 5.82 Å². The fourth-order valence-corrected chi connectivity index (χ4v) is 2.83. The van der Waals surface area contributed by atoms with E-state index in [9.17, 15) is 9.50 Å². The average molecular weight is 304 g/mol. The lowest BCUT2D eigenvalue weighted by molar-refractivity contribution is 0.480. The molecule has 0 saturated heterocycles. The molecule has 3 nitrogen and oxygen atoms in total. The van der Waals surface area contributed by atoms with E-state index < -0.39 is 5.82 Å². The third-order valence-electron chi connectivity index (χ3n) is 3.95. The first kappa shape index (κ1) is 13.5. The normalized spacial score (nSPS) is 11.2. The molecule has 0 unspecified atom stereocenters. The van der Waals surface area contributed by atoms with Crippen molar-refractivity contribution >= 4 is 27.5 Å². The Labute approximate surface area is 131 Å². The zero-order chi connectivity index (χ0) is 16.0. The van der Waals surface area contributed by atoms with Crippen LogP contribution < -0.4 is 5.73 Å². The molecule has 0 atom stereocenters. The van der Waals surface area contributed by atoms with E-state index in [1.807, 2.05) is 30.3 Å². The molecule has 3 aromatic carbocycles. The second kappa shape index (κ2) is 4.95. The number of nitrogens with zero attached hydrogens (tertiary/aromatic N) is 1. The van der Waals surface area contributed by atoms with Crippen LogP contribution in [-0.4, -0.2) is 10.1 Å². The van der Waals surface area contributed by atoms with E-state index >= 15 is 0 Å². The number of para-hydroxylation sites is 1. The lowest BCUT2D eigenvalue weighted by Crippen LogP contribution is -1.92. The fourth-order valence-electron chi connectivity index (χ4n) is 2.83. The summed E-state index contributed by atoms with van der Waals surface area (Å²) in [6, 6.07) is 17.4. The van der Waals surface area contributed by atoms with Gasteiger partial charge < -0.3 is 10.8 Å². The summed E-state index contributed by atoms with van der Waals surface area (Å²) >= 11 is 0. The lowest BCUT2D eigenvalue weighted by Gasteiger charge is -2.11. The quantitative estimate of drug-likeness (QED) is 0.402. The van der Waals surface area contributed by atoms with Crippen LogP contribution in [0.15, 0.2) is 60.7 Å². The Morgan fingerprint density at radius 2 is 1.70 bits per heavy atom. The highest BCUT2D eigenvalue weighted by atomic mass is 19.1. The molecule has 1 aromatic heterocycles. The molecule has 0 fully saturated rings. The van der Waals surface area contributed by atoms with Crippen molar-refractivity contribution in [1.82, 2.24) is 4.98 Å². The highest BCUT2D eigenvalue weighted by molar-refractivity contribution is 6.03. The lowest BCUT2D eigenvalue weighted by atomic mass is 9.98. The molecule has 4 rings (SSSR count). The first-order valence-electron chi connectivity index (χ1n) is 7.20. The molecular weight excluding hydrogens is 291 g/mol. The van der Waals surface area contributed by atoms with Gasteiger partial charge in [-0.3, -0.25) is 0 Å². The van der Waals surface area contributed by atoms with Gasteiger partial charge in [-0.2, -0.15) is 0 Å². The molecule has 3 N–H and O–H groups in total. The first-order chi connectivity index (χ1) is 11.1. The highest BCUT2D eigenvalue weighted by Gasteiger charge is 2.13. The summed E-state index contributed by atoms with van der Waals surface area (Å²) in [7, 11) is 0. The number of aromatic nitrogens is 1. The number of nitrogen functional groups attached to an aromatic ring is 1. The highest BCUT2D eigenvalue weighted by Crippen LogP contribution is 2.36. The largest absolute Gasteiger partial charge is 0.506 e. The Hall–Kier alpha value is -3.14. The van der Waals surface area contributed by atoms with Crippen LogP contribution >= 0.6 is 0 Å². The maximum Gasteiger partial charge on any atom is 0.141 e. The van der Waals surface area contributed by atoms with Crippen molar-refractivity contribution in [3.63, 3.8) is 0 Å². The summed E-state index contributed by atoms with van der Waals surface area (Å²) in [4.78, 5) is 4.51. The van der Waals surface area contributed by atoms with Gasteiger partial charge in [0.15, 0.2) is 0 Å². The number of anilines is 1. The number of aromatic hydroxyl groups is 1. The number of rotatable bonds is 1. The predicted molar refractivity (Wildman–Crippen MR) is 90.7 cm³/mol. The Kier molecular flexibility index (Phi) is 2.91. The van der Waals surface area contributed by atoms with Crippen molar-refractivity contribution < 1.29 is 9.50 Å². The van der Waals surface area contributed by atoms with Gasteiger partial charge in [-0.25, -0.2) is 9.37 Å². The van der Waals surface area contributed by atoms with E-state index in [4.69, 9.17) is 5.73 Å². The molecule has 0 spiro atoms. The monoisotopic (exact) mass is 304 g/mol. The minimum atomic E-state index is -0.398. The van der Waals surface area contributed by atoms with Crippen LogP contribution in [0.5, 0.6) is 5.75 Å². The van der Waals surface area contributed by atoms with Crippen LogP contribution in [0.2, 0.25) is 0 Å². The molecule has 0 aliphatic rings. The summed E-state index contributed by atoms with van der Waals surface area (Å²) in [5.41, 5.74) is 8.34. The summed E-state index contributed by atoms with van der Waals surface area (Å²) in [5.74, 6) is -0.324. The van der Waals surface area contributed by atoms with Crippen LogP contribution in [-0.2, 0) is 0 Å². The third-order valence-corrected chi connectivity index (χ3v) is 3.95. The van der Waals surface area contributed by atoms with Crippen molar-refractivity contribution in [1.29, 1.82) is 0 Å². The molecule has 0 aliphatic carbocycles. The van der Waals surface area contributed by atoms with Crippen molar-refractivity contribution in [2.45, 2.75) is 0 Å². The van der Waals surface area contributed by atoms with E-state index in [0.717, 1.165) is 10.9 Å². The molecule has 0 radical (unpaired) electrons. The zero-order valence-electron chi connectivity index (χ0n) is 12.1. The predicted octanol–water partition coefficient (Wildman–Crippen LogP) is 4.48. The summed E-state index contributed by atoms with van der Waals surface area (Å²) in [6.07, 6.45) is 0. The molecular formula is C19H13FN2O. The number of nitrogens with two attached hydrogens (primary N) is 1. The van der Waals surface area contributed by atoms with Crippen LogP contribution in [0.1, 0.15) is 0 Å². The number of hydrogen-bond donors (Lipinski definition) is 2. The molecule has 0 aliphatic heterocycles. The van der Waals surface area contributed by atoms with Crippen LogP contribution in [0.4, 0.5) is 10.1 Å². The summed E-state index contributed by atoms with van der Waals surface area (Å²) < 4.78 is 14.3. The fraction of sp³-hybridized carbons (Fsp3) is 0. The Bertz CT molecular complexity index is 1060. The maximum atomic E-state index is 14.3. The average Bonchev–Trinajstić information content (AvgIpc) is 2.55. The van der Waals surface area contributed by atoms with Crippen molar-refractivity contribution in [2.24, 2.45) is 0 Å². The number of halogens is 1. The van der Waals surface area contributed by atoms with E-state index in [0.29, 0.717) is 27.7 Å². The summed E-state index contributed by atoms with van der Waals surface area (Å²) in [6.45, 7) is 0. The summed E-state index contributed by atoms with van der Waals surface area (Å²) in [5, 5.41) is 11.8. The van der Waals surface area contributed by atoms with Gasteiger partial charge in [0.05, 0.1) is 5.52 Å². The van der Waals surface area contributed by atoms with Gasteiger partial charge in [-0.1, -0.05) is 18.2 Å². The van der Waals surface area contributed by atoms with E-state index in [1.54, 1.807) is 18.2 Å². The number of fused-ring (bicyclic) bond motifs is 2. The van der Waals surface area contributed by atoms with E-state index in [1.165, 1.54) is 12.1 Å². The molecule has 0 bridgehead atoms. The standard InChI is InChI=1S/C19H13FN2O/c20-16-10-12(21)5-6-14(16)13-7-8-18(23)19-15(13)9-11-3-1-2-4-17(11)22-19/h1-10,23H,21H2. The van der Waals surface area contributed by atoms with Gasteiger partial charge in [-0.05, 0) is 48.0 Å². The van der Waals surface area contributed by atoms with Gasteiger partial charge in [0.2, 0.25) is 0 Å². The number of pyridine rings is 1. The topological polar surface area (TPSA) is 59.1 Å². The molecule has 0 amide bonds. The number of phenols is 1. The Morgan fingerprint density at radius 1 is 0.913 bits per heavy atom. The molecule has 1 heterocycles. The maximum absolute atomic E-state index is 14.3. The van der Waals surface area contributed by atoms with E-state index in [2.05, 4.69) is 4.98 Å². The first-order valence-corrected chi connectivity index (χ1v) is 7.20.